The summed E-state index contributed by atoms with van der Waals surface area (Å²) in [5, 5.41) is 2.72. The molecule has 4 nitrogen and oxygen atoms in total. The van der Waals surface area contributed by atoms with Gasteiger partial charge in [0.2, 0.25) is 0 Å². The van der Waals surface area contributed by atoms with E-state index in [1.54, 1.807) is 12.1 Å². The Balaban J connectivity index is 2.62. The van der Waals surface area contributed by atoms with Crippen molar-refractivity contribution in [2.24, 2.45) is 0 Å². The first-order valence-electron chi connectivity index (χ1n) is 6.13. The molecule has 0 aliphatic rings. The molecule has 2 unspecified atom stereocenters. The molecule has 1 N–H and O–H groups in total. The van der Waals surface area contributed by atoms with Gasteiger partial charge in [0, 0.05) is 12.6 Å². The molecule has 0 aliphatic carbocycles. The number of alkyl halides is 1. The van der Waals surface area contributed by atoms with Crippen molar-refractivity contribution < 1.29 is 9.21 Å². The smallest absolute Gasteiger partial charge is 0.287 e. The molecular weight excluding hydrogens is 252 g/mol. The van der Waals surface area contributed by atoms with Crippen molar-refractivity contribution in [2.75, 3.05) is 20.6 Å². The molecule has 1 rings (SSSR count). The Morgan fingerprint density at radius 1 is 1.50 bits per heavy atom. The molecule has 1 heterocycles. The van der Waals surface area contributed by atoms with Gasteiger partial charge in [-0.05, 0) is 39.6 Å². The highest BCUT2D eigenvalue weighted by Crippen LogP contribution is 2.21. The highest BCUT2D eigenvalue weighted by atomic mass is 35.5. The van der Waals surface area contributed by atoms with E-state index in [1.165, 1.54) is 0 Å². The van der Waals surface area contributed by atoms with Crippen LogP contribution in [-0.4, -0.2) is 37.5 Å². The summed E-state index contributed by atoms with van der Waals surface area (Å²) in [5.41, 5.74) is 0. The van der Waals surface area contributed by atoms with Crippen LogP contribution < -0.4 is 5.32 Å². The lowest BCUT2D eigenvalue weighted by Gasteiger charge is -2.20. The Morgan fingerprint density at radius 3 is 2.61 bits per heavy atom. The number of halogens is 1. The van der Waals surface area contributed by atoms with Gasteiger partial charge in [0.15, 0.2) is 5.76 Å². The molecule has 0 saturated heterocycles. The normalized spacial score (nSPS) is 14.6. The minimum atomic E-state index is -0.227. The molecule has 0 radical (unpaired) electrons. The number of carbonyl (C=O) groups excluding carboxylic acids is 1. The molecule has 0 spiro atoms. The maximum absolute atomic E-state index is 12.0. The fraction of sp³-hybridized carbons (Fsp3) is 0.615. The molecule has 0 bridgehead atoms. The van der Waals surface area contributed by atoms with Crippen molar-refractivity contribution in [2.45, 2.75) is 31.7 Å². The van der Waals surface area contributed by atoms with E-state index in [2.05, 4.69) is 5.32 Å². The number of nitrogens with zero attached hydrogens (tertiary/aromatic N) is 1. The van der Waals surface area contributed by atoms with E-state index in [1.807, 2.05) is 32.8 Å². The molecule has 0 fully saturated rings. The van der Waals surface area contributed by atoms with Crippen LogP contribution in [0.25, 0.3) is 0 Å². The lowest BCUT2D eigenvalue weighted by Crippen LogP contribution is -2.41. The standard InChI is InChI=1S/C13H21ClN2O2/c1-5-10(8-16(3)4)15-13(17)12-7-6-11(18-12)9(2)14/h6-7,9-10H,5,8H2,1-4H3,(H,15,17). The number of furan rings is 1. The number of nitrogens with one attached hydrogen (secondary N) is 1. The van der Waals surface area contributed by atoms with Crippen LogP contribution in [-0.2, 0) is 0 Å². The van der Waals surface area contributed by atoms with Crippen LogP contribution in [0.3, 0.4) is 0 Å². The molecule has 0 saturated carbocycles. The van der Waals surface area contributed by atoms with E-state index in [0.29, 0.717) is 11.5 Å². The van der Waals surface area contributed by atoms with Crippen molar-refractivity contribution in [3.63, 3.8) is 0 Å². The van der Waals surface area contributed by atoms with Crippen molar-refractivity contribution in [1.29, 1.82) is 0 Å². The monoisotopic (exact) mass is 272 g/mol. The Morgan fingerprint density at radius 2 is 2.17 bits per heavy atom. The number of likely N-dealkylation sites (N-methyl/N-ethyl adjacent to an activating group) is 1. The summed E-state index contributed by atoms with van der Waals surface area (Å²) < 4.78 is 5.40. The highest BCUT2D eigenvalue weighted by Gasteiger charge is 2.17. The van der Waals surface area contributed by atoms with E-state index < -0.39 is 0 Å². The number of amides is 1. The van der Waals surface area contributed by atoms with Crippen LogP contribution in [0.4, 0.5) is 0 Å². The molecule has 1 amide bonds. The average molecular weight is 273 g/mol. The number of hydrogen-bond donors (Lipinski definition) is 1. The minimum absolute atomic E-state index is 0.120. The zero-order valence-electron chi connectivity index (χ0n) is 11.4. The number of carbonyl (C=O) groups is 1. The van der Waals surface area contributed by atoms with E-state index in [-0.39, 0.29) is 17.3 Å². The van der Waals surface area contributed by atoms with Crippen molar-refractivity contribution in [1.82, 2.24) is 10.2 Å². The number of hydrogen-bond acceptors (Lipinski definition) is 3. The predicted molar refractivity (Wildman–Crippen MR) is 73.1 cm³/mol. The molecule has 5 heteroatoms. The second-order valence-corrected chi connectivity index (χ2v) is 5.31. The van der Waals surface area contributed by atoms with Gasteiger partial charge in [-0.25, -0.2) is 0 Å². The largest absolute Gasteiger partial charge is 0.454 e. The second-order valence-electron chi connectivity index (χ2n) is 4.66. The molecular formula is C13H21ClN2O2. The maximum Gasteiger partial charge on any atom is 0.287 e. The third-order valence-corrected chi connectivity index (χ3v) is 2.87. The van der Waals surface area contributed by atoms with E-state index in [0.717, 1.165) is 13.0 Å². The summed E-state index contributed by atoms with van der Waals surface area (Å²) in [7, 11) is 3.96. The fourth-order valence-electron chi connectivity index (χ4n) is 1.66. The fourth-order valence-corrected chi connectivity index (χ4v) is 1.78. The second kappa shape index (κ2) is 6.81. The first-order valence-corrected chi connectivity index (χ1v) is 6.57. The van der Waals surface area contributed by atoms with Crippen LogP contribution in [0, 0.1) is 0 Å². The molecule has 2 atom stereocenters. The minimum Gasteiger partial charge on any atom is -0.454 e. The zero-order chi connectivity index (χ0) is 13.7. The molecule has 1 aromatic heterocycles. The Labute approximate surface area is 113 Å². The summed E-state index contributed by atoms with van der Waals surface area (Å²) in [5.74, 6) is 0.740. The maximum atomic E-state index is 12.0. The molecule has 18 heavy (non-hydrogen) atoms. The van der Waals surface area contributed by atoms with Gasteiger partial charge in [-0.2, -0.15) is 0 Å². The van der Waals surface area contributed by atoms with E-state index >= 15 is 0 Å². The summed E-state index contributed by atoms with van der Waals surface area (Å²) in [6.07, 6.45) is 0.878. The van der Waals surface area contributed by atoms with Crippen LogP contribution in [0.15, 0.2) is 16.5 Å². The Bertz CT molecular complexity index is 388. The summed E-state index contributed by atoms with van der Waals surface area (Å²) in [4.78, 5) is 14.0. The van der Waals surface area contributed by atoms with Gasteiger partial charge >= 0.3 is 0 Å². The highest BCUT2D eigenvalue weighted by molar-refractivity contribution is 6.20. The zero-order valence-corrected chi connectivity index (χ0v) is 12.1. The van der Waals surface area contributed by atoms with Gasteiger partial charge in [-0.1, -0.05) is 6.92 Å². The SMILES string of the molecule is CCC(CN(C)C)NC(=O)c1ccc(C(C)Cl)o1. The van der Waals surface area contributed by atoms with Gasteiger partial charge in [0.1, 0.15) is 5.76 Å². The van der Waals surface area contributed by atoms with Crippen LogP contribution >= 0.6 is 11.6 Å². The van der Waals surface area contributed by atoms with Crippen LogP contribution in [0.1, 0.15) is 42.0 Å². The summed E-state index contributed by atoms with van der Waals surface area (Å²) >= 11 is 5.89. The third kappa shape index (κ3) is 4.35. The molecule has 1 aromatic rings. The Hall–Kier alpha value is -1.00. The summed E-state index contributed by atoms with van der Waals surface area (Å²) in [6, 6.07) is 3.51. The van der Waals surface area contributed by atoms with Crippen molar-refractivity contribution in [3.8, 4) is 0 Å². The molecule has 0 aromatic carbocycles. The van der Waals surface area contributed by atoms with Crippen LogP contribution in [0.2, 0.25) is 0 Å². The lowest BCUT2D eigenvalue weighted by atomic mass is 10.2. The molecule has 0 aliphatic heterocycles. The van der Waals surface area contributed by atoms with E-state index in [4.69, 9.17) is 16.0 Å². The van der Waals surface area contributed by atoms with Crippen molar-refractivity contribution >= 4 is 17.5 Å². The third-order valence-electron chi connectivity index (χ3n) is 2.66. The predicted octanol–water partition coefficient (Wildman–Crippen LogP) is 2.65. The van der Waals surface area contributed by atoms with Crippen molar-refractivity contribution in [3.05, 3.63) is 23.7 Å². The first kappa shape index (κ1) is 15.1. The van der Waals surface area contributed by atoms with Gasteiger partial charge in [0.05, 0.1) is 5.38 Å². The quantitative estimate of drug-likeness (QED) is 0.810. The average Bonchev–Trinajstić information content (AvgIpc) is 2.76. The lowest BCUT2D eigenvalue weighted by molar-refractivity contribution is 0.0899. The number of rotatable bonds is 6. The van der Waals surface area contributed by atoms with Gasteiger partial charge in [0.25, 0.3) is 5.91 Å². The van der Waals surface area contributed by atoms with Gasteiger partial charge in [-0.15, -0.1) is 11.6 Å². The van der Waals surface area contributed by atoms with Gasteiger partial charge < -0.3 is 14.6 Å². The van der Waals surface area contributed by atoms with Crippen LogP contribution in [0.5, 0.6) is 0 Å². The Kier molecular flexibility index (Phi) is 5.69. The topological polar surface area (TPSA) is 45.5 Å². The van der Waals surface area contributed by atoms with E-state index in [9.17, 15) is 4.79 Å². The summed E-state index contributed by atoms with van der Waals surface area (Å²) in [6.45, 7) is 4.66. The molecule has 102 valence electrons. The van der Waals surface area contributed by atoms with Gasteiger partial charge in [-0.3, -0.25) is 4.79 Å². The first-order chi connectivity index (χ1) is 8.43.